The summed E-state index contributed by atoms with van der Waals surface area (Å²) < 4.78 is 1.77. The molecule has 0 aliphatic carbocycles. The number of amides is 1. The van der Waals surface area contributed by atoms with Gasteiger partial charge in [-0.25, -0.2) is 0 Å². The van der Waals surface area contributed by atoms with Gasteiger partial charge in [0.15, 0.2) is 0 Å². The first-order chi connectivity index (χ1) is 9.43. The topological polar surface area (TPSA) is 55.1 Å². The highest BCUT2D eigenvalue weighted by Gasteiger charge is 2.34. The second-order valence-electron chi connectivity index (χ2n) is 4.60. The Morgan fingerprint density at radius 1 is 1.15 bits per heavy atom. The van der Waals surface area contributed by atoms with Crippen LogP contribution in [-0.4, -0.2) is 5.91 Å². The van der Waals surface area contributed by atoms with Gasteiger partial charge in [-0.05, 0) is 31.2 Å². The fourth-order valence-electron chi connectivity index (χ4n) is 1.98. The number of carbonyl (C=O) groups is 1. The lowest BCUT2D eigenvalue weighted by molar-refractivity contribution is -0.122. The summed E-state index contributed by atoms with van der Waals surface area (Å²) in [4.78, 5) is 12.0. The molecule has 3 nitrogen and oxygen atoms in total. The molecule has 0 aliphatic heterocycles. The smallest absolute Gasteiger partial charge is 0.247 e. The molecule has 0 spiro atoms. The van der Waals surface area contributed by atoms with Gasteiger partial charge in [0.05, 0.1) is 0 Å². The van der Waals surface area contributed by atoms with Crippen LogP contribution in [0.15, 0.2) is 57.5 Å². The third-order valence-electron chi connectivity index (χ3n) is 3.12. The van der Waals surface area contributed by atoms with Crippen LogP contribution in [0.4, 0.5) is 5.69 Å². The van der Waals surface area contributed by atoms with Crippen molar-refractivity contribution in [2.45, 2.75) is 12.5 Å². The Balaban J connectivity index is 2.46. The van der Waals surface area contributed by atoms with Gasteiger partial charge < -0.3 is 11.1 Å². The fourth-order valence-corrected chi connectivity index (χ4v) is 3.06. The van der Waals surface area contributed by atoms with Crippen LogP contribution in [0.3, 0.4) is 0 Å². The lowest BCUT2D eigenvalue weighted by atomic mass is 9.91. The van der Waals surface area contributed by atoms with Crippen LogP contribution in [0.5, 0.6) is 0 Å². The normalized spacial score (nSPS) is 13.6. The van der Waals surface area contributed by atoms with Crippen molar-refractivity contribution >= 4 is 43.5 Å². The summed E-state index contributed by atoms with van der Waals surface area (Å²) in [6, 6.07) is 15.1. The first-order valence-electron chi connectivity index (χ1n) is 6.02. The average molecular weight is 398 g/mol. The SMILES string of the molecule is CC(Nc1cccc(Br)c1)(C(N)=O)c1ccccc1Br. The van der Waals surface area contributed by atoms with Crippen LogP contribution in [0.1, 0.15) is 12.5 Å². The molecule has 0 radical (unpaired) electrons. The molecule has 0 saturated heterocycles. The summed E-state index contributed by atoms with van der Waals surface area (Å²) in [5, 5.41) is 3.22. The van der Waals surface area contributed by atoms with Crippen LogP contribution in [0.25, 0.3) is 0 Å². The van der Waals surface area contributed by atoms with Crippen LogP contribution in [-0.2, 0) is 10.3 Å². The van der Waals surface area contributed by atoms with Gasteiger partial charge in [-0.15, -0.1) is 0 Å². The third kappa shape index (κ3) is 3.04. The maximum absolute atomic E-state index is 12.0. The number of benzene rings is 2. The van der Waals surface area contributed by atoms with E-state index in [2.05, 4.69) is 37.2 Å². The van der Waals surface area contributed by atoms with E-state index < -0.39 is 11.4 Å². The molecule has 20 heavy (non-hydrogen) atoms. The van der Waals surface area contributed by atoms with E-state index in [4.69, 9.17) is 5.73 Å². The van der Waals surface area contributed by atoms with E-state index in [0.29, 0.717) is 0 Å². The molecule has 3 N–H and O–H groups in total. The number of carbonyl (C=O) groups excluding carboxylic acids is 1. The van der Waals surface area contributed by atoms with E-state index in [-0.39, 0.29) is 0 Å². The monoisotopic (exact) mass is 396 g/mol. The molecule has 2 aromatic carbocycles. The summed E-state index contributed by atoms with van der Waals surface area (Å²) in [5.41, 5.74) is 6.24. The van der Waals surface area contributed by atoms with Crippen molar-refractivity contribution in [3.8, 4) is 0 Å². The van der Waals surface area contributed by atoms with Crippen LogP contribution >= 0.6 is 31.9 Å². The van der Waals surface area contributed by atoms with Gasteiger partial charge in [-0.2, -0.15) is 0 Å². The van der Waals surface area contributed by atoms with Crippen molar-refractivity contribution < 1.29 is 4.79 Å². The number of nitrogens with two attached hydrogens (primary N) is 1. The van der Waals surface area contributed by atoms with Crippen LogP contribution in [0, 0.1) is 0 Å². The molecular weight excluding hydrogens is 384 g/mol. The lowest BCUT2D eigenvalue weighted by Crippen LogP contribution is -2.45. The number of hydrogen-bond donors (Lipinski definition) is 2. The summed E-state index contributed by atoms with van der Waals surface area (Å²) in [6.45, 7) is 1.77. The average Bonchev–Trinajstić information content (AvgIpc) is 2.38. The predicted molar refractivity (Wildman–Crippen MR) is 88.5 cm³/mol. The van der Waals surface area contributed by atoms with E-state index in [0.717, 1.165) is 20.2 Å². The standard InChI is InChI=1S/C15H14Br2N2O/c1-15(14(18)20,12-7-2-3-8-13(12)17)19-11-6-4-5-10(16)9-11/h2-9,19H,1H3,(H2,18,20). The Morgan fingerprint density at radius 3 is 2.45 bits per heavy atom. The quantitative estimate of drug-likeness (QED) is 0.818. The van der Waals surface area contributed by atoms with Gasteiger partial charge >= 0.3 is 0 Å². The Kier molecular flexibility index (Phi) is 4.50. The molecule has 0 aromatic heterocycles. The first kappa shape index (κ1) is 15.1. The second-order valence-corrected chi connectivity index (χ2v) is 6.37. The molecule has 1 atom stereocenters. The van der Waals surface area contributed by atoms with E-state index >= 15 is 0 Å². The van der Waals surface area contributed by atoms with Gasteiger partial charge in [-0.1, -0.05) is 56.1 Å². The Bertz CT molecular complexity index is 645. The molecule has 0 aliphatic rings. The minimum atomic E-state index is -0.999. The molecule has 5 heteroatoms. The van der Waals surface area contributed by atoms with Gasteiger partial charge in [0, 0.05) is 20.2 Å². The summed E-state index contributed by atoms with van der Waals surface area (Å²) in [5.74, 6) is -0.440. The number of halogens is 2. The van der Waals surface area contributed by atoms with Crippen molar-refractivity contribution in [1.29, 1.82) is 0 Å². The van der Waals surface area contributed by atoms with Gasteiger partial charge in [-0.3, -0.25) is 4.79 Å². The second kappa shape index (κ2) is 5.97. The fraction of sp³-hybridized carbons (Fsp3) is 0.133. The summed E-state index contributed by atoms with van der Waals surface area (Å²) in [6.07, 6.45) is 0. The maximum atomic E-state index is 12.0. The Hall–Kier alpha value is -1.33. The number of rotatable bonds is 4. The molecule has 104 valence electrons. The zero-order valence-corrected chi connectivity index (χ0v) is 14.0. The first-order valence-corrected chi connectivity index (χ1v) is 7.61. The molecule has 1 amide bonds. The number of hydrogen-bond acceptors (Lipinski definition) is 2. The third-order valence-corrected chi connectivity index (χ3v) is 4.31. The zero-order valence-electron chi connectivity index (χ0n) is 10.9. The highest BCUT2D eigenvalue weighted by atomic mass is 79.9. The molecule has 2 aromatic rings. The van der Waals surface area contributed by atoms with E-state index in [9.17, 15) is 4.79 Å². The number of nitrogens with one attached hydrogen (secondary N) is 1. The molecule has 0 saturated carbocycles. The van der Waals surface area contributed by atoms with Crippen molar-refractivity contribution in [3.63, 3.8) is 0 Å². The summed E-state index contributed by atoms with van der Waals surface area (Å²) in [7, 11) is 0. The molecule has 2 rings (SSSR count). The summed E-state index contributed by atoms with van der Waals surface area (Å²) >= 11 is 6.88. The van der Waals surface area contributed by atoms with Crippen molar-refractivity contribution in [2.24, 2.45) is 5.73 Å². The van der Waals surface area contributed by atoms with Gasteiger partial charge in [0.1, 0.15) is 5.54 Å². The minimum Gasteiger partial charge on any atom is -0.368 e. The van der Waals surface area contributed by atoms with E-state index in [1.807, 2.05) is 48.5 Å². The van der Waals surface area contributed by atoms with Gasteiger partial charge in [0.2, 0.25) is 5.91 Å². The van der Waals surface area contributed by atoms with Crippen molar-refractivity contribution in [2.75, 3.05) is 5.32 Å². The largest absolute Gasteiger partial charge is 0.368 e. The number of primary amides is 1. The highest BCUT2D eigenvalue weighted by molar-refractivity contribution is 9.10. The molecule has 0 fully saturated rings. The molecule has 1 unspecified atom stereocenters. The van der Waals surface area contributed by atoms with Crippen LogP contribution < -0.4 is 11.1 Å². The molecular formula is C15H14Br2N2O. The number of anilines is 1. The van der Waals surface area contributed by atoms with E-state index in [1.165, 1.54) is 0 Å². The Morgan fingerprint density at radius 2 is 1.85 bits per heavy atom. The Labute approximate surface area is 134 Å². The molecule has 0 heterocycles. The van der Waals surface area contributed by atoms with E-state index in [1.54, 1.807) is 6.92 Å². The van der Waals surface area contributed by atoms with Gasteiger partial charge in [0.25, 0.3) is 0 Å². The highest BCUT2D eigenvalue weighted by Crippen LogP contribution is 2.32. The zero-order chi connectivity index (χ0) is 14.8. The molecule has 0 bridgehead atoms. The van der Waals surface area contributed by atoms with Crippen molar-refractivity contribution in [1.82, 2.24) is 0 Å². The lowest BCUT2D eigenvalue weighted by Gasteiger charge is -2.30. The minimum absolute atomic E-state index is 0.440. The van der Waals surface area contributed by atoms with Crippen LogP contribution in [0.2, 0.25) is 0 Å². The van der Waals surface area contributed by atoms with Crippen molar-refractivity contribution in [3.05, 3.63) is 63.0 Å². The maximum Gasteiger partial charge on any atom is 0.247 e. The predicted octanol–water partition coefficient (Wildman–Crippen LogP) is 4.02.